The maximum Gasteiger partial charge on any atom is 0.280 e. The molecule has 0 aromatic carbocycles. The molecule has 1 aromatic rings. The molecule has 0 bridgehead atoms. The SMILES string of the molecule is Cc1nn(C)cc1[C@@H]1C[C@H](C(=O)NC[C@H]2CCCO2)N(C)S(=O)(=O)N1. The van der Waals surface area contributed by atoms with E-state index in [4.69, 9.17) is 4.74 Å². The lowest BCUT2D eigenvalue weighted by Gasteiger charge is -2.36. The van der Waals surface area contributed by atoms with E-state index in [9.17, 15) is 13.2 Å². The third-order valence-corrected chi connectivity index (χ3v) is 6.42. The minimum Gasteiger partial charge on any atom is -0.376 e. The minimum absolute atomic E-state index is 0.0175. The predicted octanol–water partition coefficient (Wildman–Crippen LogP) is -0.397. The highest BCUT2D eigenvalue weighted by molar-refractivity contribution is 7.87. The van der Waals surface area contributed by atoms with Crippen molar-refractivity contribution < 1.29 is 17.9 Å². The first-order valence-corrected chi connectivity index (χ1v) is 9.86. The van der Waals surface area contributed by atoms with Gasteiger partial charge in [-0.2, -0.15) is 22.5 Å². The van der Waals surface area contributed by atoms with Gasteiger partial charge in [0.05, 0.1) is 17.8 Å². The molecular formula is C15H25N5O4S. The zero-order chi connectivity index (χ0) is 18.2. The van der Waals surface area contributed by atoms with E-state index in [0.717, 1.165) is 28.4 Å². The molecule has 9 nitrogen and oxygen atoms in total. The largest absolute Gasteiger partial charge is 0.376 e. The molecule has 3 atom stereocenters. The number of hydrogen-bond donors (Lipinski definition) is 2. The van der Waals surface area contributed by atoms with Gasteiger partial charge in [-0.05, 0) is 26.2 Å². The van der Waals surface area contributed by atoms with Crippen LogP contribution in [0, 0.1) is 6.92 Å². The Balaban J connectivity index is 1.74. The smallest absolute Gasteiger partial charge is 0.280 e. The van der Waals surface area contributed by atoms with Crippen LogP contribution in [0.3, 0.4) is 0 Å². The fraction of sp³-hybridized carbons (Fsp3) is 0.733. The topological polar surface area (TPSA) is 106 Å². The summed E-state index contributed by atoms with van der Waals surface area (Å²) in [5.74, 6) is -0.297. The molecule has 25 heavy (non-hydrogen) atoms. The molecule has 0 unspecified atom stereocenters. The molecule has 0 spiro atoms. The third-order valence-electron chi connectivity index (χ3n) is 4.83. The number of nitrogens with zero attached hydrogens (tertiary/aromatic N) is 3. The Kier molecular flexibility index (Phi) is 5.14. The highest BCUT2D eigenvalue weighted by Gasteiger charge is 2.41. The quantitative estimate of drug-likeness (QED) is 0.749. The summed E-state index contributed by atoms with van der Waals surface area (Å²) in [4.78, 5) is 12.6. The van der Waals surface area contributed by atoms with Gasteiger partial charge in [0.15, 0.2) is 0 Å². The van der Waals surface area contributed by atoms with Gasteiger partial charge in [-0.1, -0.05) is 0 Å². The zero-order valence-corrected chi connectivity index (χ0v) is 15.5. The van der Waals surface area contributed by atoms with E-state index in [1.165, 1.54) is 7.05 Å². The Hall–Kier alpha value is -1.49. The van der Waals surface area contributed by atoms with Gasteiger partial charge in [0.1, 0.15) is 6.04 Å². The predicted molar refractivity (Wildman–Crippen MR) is 90.9 cm³/mol. The van der Waals surface area contributed by atoms with Gasteiger partial charge in [-0.15, -0.1) is 0 Å². The van der Waals surface area contributed by atoms with Crippen molar-refractivity contribution in [2.45, 2.75) is 44.4 Å². The maximum absolute atomic E-state index is 12.6. The molecule has 3 rings (SSSR count). The number of hydrogen-bond acceptors (Lipinski definition) is 5. The summed E-state index contributed by atoms with van der Waals surface area (Å²) in [7, 11) is -0.539. The second-order valence-electron chi connectivity index (χ2n) is 6.67. The Bertz CT molecular complexity index is 741. The number of ether oxygens (including phenoxy) is 1. The number of nitrogens with one attached hydrogen (secondary N) is 2. The highest BCUT2D eigenvalue weighted by atomic mass is 32.2. The van der Waals surface area contributed by atoms with Crippen LogP contribution in [0.5, 0.6) is 0 Å². The van der Waals surface area contributed by atoms with E-state index in [0.29, 0.717) is 19.6 Å². The Morgan fingerprint density at radius 1 is 1.48 bits per heavy atom. The molecule has 140 valence electrons. The lowest BCUT2D eigenvalue weighted by Crippen LogP contribution is -2.57. The van der Waals surface area contributed by atoms with Crippen molar-refractivity contribution in [3.05, 3.63) is 17.5 Å². The molecule has 1 amide bonds. The first-order chi connectivity index (χ1) is 11.8. The lowest BCUT2D eigenvalue weighted by molar-refractivity contribution is -0.125. The van der Waals surface area contributed by atoms with Gasteiger partial charge in [0, 0.05) is 39.0 Å². The molecule has 0 aliphatic carbocycles. The van der Waals surface area contributed by atoms with Crippen LogP contribution in [0.2, 0.25) is 0 Å². The fourth-order valence-corrected chi connectivity index (χ4v) is 4.68. The summed E-state index contributed by atoms with van der Waals surface area (Å²) in [6, 6.07) is -1.24. The number of aryl methyl sites for hydroxylation is 2. The summed E-state index contributed by atoms with van der Waals surface area (Å²) in [6.07, 6.45) is 4.06. The minimum atomic E-state index is -3.74. The van der Waals surface area contributed by atoms with Crippen molar-refractivity contribution in [3.63, 3.8) is 0 Å². The molecule has 0 radical (unpaired) electrons. The molecule has 10 heteroatoms. The maximum atomic E-state index is 12.6. The van der Waals surface area contributed by atoms with Crippen molar-refractivity contribution in [3.8, 4) is 0 Å². The summed E-state index contributed by atoms with van der Waals surface area (Å²) >= 11 is 0. The molecular weight excluding hydrogens is 346 g/mol. The average Bonchev–Trinajstić information content (AvgIpc) is 3.16. The summed E-state index contributed by atoms with van der Waals surface area (Å²) < 4.78 is 35.8. The first-order valence-electron chi connectivity index (χ1n) is 8.42. The normalized spacial score (nSPS) is 29.6. The van der Waals surface area contributed by atoms with E-state index >= 15 is 0 Å². The Morgan fingerprint density at radius 3 is 2.84 bits per heavy atom. The standard InChI is InChI=1S/C15H25N5O4S/c1-10-12(9-19(2)17-10)13-7-14(20(3)25(22,23)18-13)15(21)16-8-11-5-4-6-24-11/h9,11,13-14,18H,4-8H2,1-3H3,(H,16,21)/t11-,13+,14-/m1/s1. The van der Waals surface area contributed by atoms with Crippen LogP contribution in [0.1, 0.15) is 36.6 Å². The van der Waals surface area contributed by atoms with Crippen LogP contribution in [-0.4, -0.2) is 60.8 Å². The van der Waals surface area contributed by atoms with Crippen LogP contribution in [0.15, 0.2) is 6.20 Å². The van der Waals surface area contributed by atoms with Crippen LogP contribution < -0.4 is 10.0 Å². The Labute approximate surface area is 147 Å². The van der Waals surface area contributed by atoms with Gasteiger partial charge in [-0.3, -0.25) is 9.48 Å². The van der Waals surface area contributed by atoms with E-state index in [-0.39, 0.29) is 12.0 Å². The second kappa shape index (κ2) is 7.02. The van der Waals surface area contributed by atoms with Crippen LogP contribution in [0.25, 0.3) is 0 Å². The highest BCUT2D eigenvalue weighted by Crippen LogP contribution is 2.29. The van der Waals surface area contributed by atoms with Crippen molar-refractivity contribution >= 4 is 16.1 Å². The van der Waals surface area contributed by atoms with Gasteiger partial charge in [-0.25, -0.2) is 0 Å². The molecule has 0 saturated carbocycles. The van der Waals surface area contributed by atoms with Gasteiger partial charge in [0.25, 0.3) is 10.2 Å². The van der Waals surface area contributed by atoms with Crippen molar-refractivity contribution in [2.75, 3.05) is 20.2 Å². The molecule has 2 saturated heterocycles. The van der Waals surface area contributed by atoms with Crippen molar-refractivity contribution in [2.24, 2.45) is 7.05 Å². The number of rotatable bonds is 4. The lowest BCUT2D eigenvalue weighted by atomic mass is 10.00. The second-order valence-corrected chi connectivity index (χ2v) is 8.43. The number of carbonyl (C=O) groups excluding carboxylic acids is 1. The van der Waals surface area contributed by atoms with Crippen LogP contribution >= 0.6 is 0 Å². The average molecular weight is 371 g/mol. The van der Waals surface area contributed by atoms with E-state index in [2.05, 4.69) is 15.1 Å². The van der Waals surface area contributed by atoms with Crippen molar-refractivity contribution in [1.82, 2.24) is 24.1 Å². The number of likely N-dealkylation sites (N-methyl/N-ethyl adjacent to an activating group) is 1. The number of carbonyl (C=O) groups is 1. The van der Waals surface area contributed by atoms with Crippen LogP contribution in [0.4, 0.5) is 0 Å². The molecule has 2 N–H and O–H groups in total. The fourth-order valence-electron chi connectivity index (χ4n) is 3.41. The molecule has 2 aliphatic rings. The van der Waals surface area contributed by atoms with Gasteiger partial charge >= 0.3 is 0 Å². The van der Waals surface area contributed by atoms with E-state index in [1.807, 2.05) is 6.92 Å². The summed E-state index contributed by atoms with van der Waals surface area (Å²) in [6.45, 7) is 2.95. The molecule has 1 aromatic heterocycles. The van der Waals surface area contributed by atoms with Gasteiger partial charge < -0.3 is 10.1 Å². The van der Waals surface area contributed by atoms with E-state index < -0.39 is 22.3 Å². The zero-order valence-electron chi connectivity index (χ0n) is 14.7. The van der Waals surface area contributed by atoms with Crippen LogP contribution in [-0.2, 0) is 26.8 Å². The number of amides is 1. The molecule has 2 aliphatic heterocycles. The Morgan fingerprint density at radius 2 is 2.24 bits per heavy atom. The monoisotopic (exact) mass is 371 g/mol. The summed E-state index contributed by atoms with van der Waals surface area (Å²) in [5, 5.41) is 7.10. The van der Waals surface area contributed by atoms with E-state index in [1.54, 1.807) is 17.9 Å². The van der Waals surface area contributed by atoms with Gasteiger partial charge in [0.2, 0.25) is 5.91 Å². The van der Waals surface area contributed by atoms with Crippen molar-refractivity contribution in [1.29, 1.82) is 0 Å². The third kappa shape index (κ3) is 3.86. The molecule has 3 heterocycles. The molecule has 2 fully saturated rings. The number of aromatic nitrogens is 2. The summed E-state index contributed by atoms with van der Waals surface area (Å²) in [5.41, 5.74) is 1.54. The first kappa shape index (κ1) is 18.3.